The zero-order valence-corrected chi connectivity index (χ0v) is 11.9. The van der Waals surface area contributed by atoms with E-state index in [0.717, 1.165) is 39.5 Å². The van der Waals surface area contributed by atoms with Crippen molar-refractivity contribution in [1.29, 1.82) is 0 Å². The smallest absolute Gasteiger partial charge is 0.127 e. The van der Waals surface area contributed by atoms with Gasteiger partial charge in [-0.2, -0.15) is 0 Å². The van der Waals surface area contributed by atoms with Crippen molar-refractivity contribution in [1.82, 2.24) is 5.12 Å². The fourth-order valence-electron chi connectivity index (χ4n) is 2.46. The second kappa shape index (κ2) is 5.79. The van der Waals surface area contributed by atoms with Crippen molar-refractivity contribution < 1.29 is 4.74 Å². The molecule has 22 heavy (non-hydrogen) atoms. The van der Waals surface area contributed by atoms with E-state index < -0.39 is 0 Å². The fourth-order valence-corrected chi connectivity index (χ4v) is 2.46. The van der Waals surface area contributed by atoms with Crippen molar-refractivity contribution in [3.05, 3.63) is 71.1 Å². The number of hydrogen-bond acceptors (Lipinski definition) is 5. The molecule has 0 spiro atoms. The second-order valence-corrected chi connectivity index (χ2v) is 4.87. The maximum absolute atomic E-state index is 7.03. The van der Waals surface area contributed by atoms with Crippen LogP contribution in [0.15, 0.2) is 53.8 Å². The summed E-state index contributed by atoms with van der Waals surface area (Å²) in [6, 6.07) is 13.4. The third kappa shape index (κ3) is 2.59. The molecule has 0 amide bonds. The van der Waals surface area contributed by atoms with E-state index in [0.29, 0.717) is 12.3 Å². The summed E-state index contributed by atoms with van der Waals surface area (Å²) in [5.74, 6) is 6.52. The van der Waals surface area contributed by atoms with E-state index in [4.69, 9.17) is 22.0 Å². The molecule has 1 heterocycles. The lowest BCUT2D eigenvalue weighted by atomic mass is 9.95. The first kappa shape index (κ1) is 14.0. The van der Waals surface area contributed by atoms with Gasteiger partial charge in [-0.1, -0.05) is 30.6 Å². The van der Waals surface area contributed by atoms with Crippen molar-refractivity contribution >= 4 is 17.6 Å². The van der Waals surface area contributed by atoms with Crippen LogP contribution < -0.4 is 16.3 Å². The molecule has 0 unspecified atom stereocenters. The number of nitrogens with two attached hydrogens (primary N) is 2. The highest BCUT2D eigenvalue weighted by atomic mass is 16.5. The monoisotopic (exact) mass is 294 g/mol. The zero-order chi connectivity index (χ0) is 15.5. The minimum absolute atomic E-state index is 0.469. The van der Waals surface area contributed by atoms with Gasteiger partial charge in [-0.3, -0.25) is 5.12 Å². The molecule has 0 atom stereocenters. The number of nitrogens with zero attached hydrogens (tertiary/aromatic N) is 2. The summed E-state index contributed by atoms with van der Waals surface area (Å²) in [6.45, 7) is 0.469. The van der Waals surface area contributed by atoms with Crippen molar-refractivity contribution in [2.24, 2.45) is 10.9 Å². The highest BCUT2D eigenvalue weighted by Crippen LogP contribution is 2.37. The van der Waals surface area contributed by atoms with Crippen molar-refractivity contribution in [3.63, 3.8) is 0 Å². The predicted molar refractivity (Wildman–Crippen MR) is 87.5 cm³/mol. The van der Waals surface area contributed by atoms with E-state index in [1.807, 2.05) is 36.4 Å². The molecule has 0 aliphatic carbocycles. The lowest BCUT2D eigenvalue weighted by molar-refractivity contribution is 0.307. The van der Waals surface area contributed by atoms with Gasteiger partial charge in [-0.15, -0.1) is 0 Å². The van der Waals surface area contributed by atoms with Gasteiger partial charge in [0.15, 0.2) is 0 Å². The number of ether oxygens (including phenoxy) is 1. The van der Waals surface area contributed by atoms with E-state index in [2.05, 4.69) is 5.10 Å². The Morgan fingerprint density at radius 3 is 2.82 bits per heavy atom. The molecule has 2 aromatic rings. The van der Waals surface area contributed by atoms with Crippen LogP contribution in [-0.4, -0.2) is 11.5 Å². The number of nitrogen functional groups attached to an aromatic ring is 1. The summed E-state index contributed by atoms with van der Waals surface area (Å²) < 4.78 is 5.87. The highest BCUT2D eigenvalue weighted by molar-refractivity contribution is 5.86. The molecule has 6 heteroatoms. The lowest BCUT2D eigenvalue weighted by Gasteiger charge is -2.18. The molecule has 0 bridgehead atoms. The van der Waals surface area contributed by atoms with Crippen LogP contribution in [0.5, 0.6) is 5.75 Å². The van der Waals surface area contributed by atoms with Crippen molar-refractivity contribution in [3.8, 4) is 5.75 Å². The molecule has 1 aliphatic heterocycles. The Bertz CT molecular complexity index is 754. The summed E-state index contributed by atoms with van der Waals surface area (Å²) in [7, 11) is 0. The molecule has 2 aromatic carbocycles. The predicted octanol–water partition coefficient (Wildman–Crippen LogP) is 2.72. The summed E-state index contributed by atoms with van der Waals surface area (Å²) in [4.78, 5) is 0. The lowest BCUT2D eigenvalue weighted by Crippen LogP contribution is -2.19. The molecule has 0 radical (unpaired) electrons. The van der Waals surface area contributed by atoms with Crippen LogP contribution in [0.4, 0.5) is 5.69 Å². The quantitative estimate of drug-likeness (QED) is 0.292. The summed E-state index contributed by atoms with van der Waals surface area (Å²) in [5, 5.41) is 4.83. The van der Waals surface area contributed by atoms with Crippen molar-refractivity contribution in [2.45, 2.75) is 6.61 Å². The number of hydrazine groups is 1. The third-order valence-electron chi connectivity index (χ3n) is 3.44. The number of benzene rings is 2. The van der Waals surface area contributed by atoms with Gasteiger partial charge in [-0.05, 0) is 29.3 Å². The van der Waals surface area contributed by atoms with Gasteiger partial charge in [0.05, 0.1) is 0 Å². The highest BCUT2D eigenvalue weighted by Gasteiger charge is 2.19. The van der Waals surface area contributed by atoms with Crippen molar-refractivity contribution in [2.75, 3.05) is 5.73 Å². The molecule has 0 fully saturated rings. The average molecular weight is 294 g/mol. The van der Waals surface area contributed by atoms with E-state index in [-0.39, 0.29) is 0 Å². The Balaban J connectivity index is 2.23. The second-order valence-electron chi connectivity index (χ2n) is 4.87. The van der Waals surface area contributed by atoms with Gasteiger partial charge in [0.2, 0.25) is 0 Å². The largest absolute Gasteiger partial charge is 0.488 e. The van der Waals surface area contributed by atoms with Crippen LogP contribution in [0.25, 0.3) is 11.3 Å². The van der Waals surface area contributed by atoms with Crippen LogP contribution in [0.2, 0.25) is 0 Å². The maximum Gasteiger partial charge on any atom is 0.127 e. The molecular weight excluding hydrogens is 278 g/mol. The molecule has 112 valence electrons. The summed E-state index contributed by atoms with van der Waals surface area (Å²) in [6.07, 6.45) is 2.55. The van der Waals surface area contributed by atoms with Gasteiger partial charge in [0.25, 0.3) is 0 Å². The van der Waals surface area contributed by atoms with Gasteiger partial charge < -0.3 is 21.3 Å². The number of anilines is 1. The summed E-state index contributed by atoms with van der Waals surface area (Å²) in [5.41, 5.74) is 17.3. The SMILES string of the molecule is [NH-]C=NN(N)/C=C1/c2ccccc2COc2ccc(N)cc21. The Labute approximate surface area is 128 Å². The number of fused-ring (bicyclic) bond motifs is 2. The van der Waals surface area contributed by atoms with E-state index >= 15 is 0 Å². The van der Waals surface area contributed by atoms with E-state index in [1.165, 1.54) is 0 Å². The Morgan fingerprint density at radius 2 is 2.00 bits per heavy atom. The first-order valence-corrected chi connectivity index (χ1v) is 6.75. The Morgan fingerprint density at radius 1 is 1.18 bits per heavy atom. The molecule has 0 saturated carbocycles. The van der Waals surface area contributed by atoms with Gasteiger partial charge >= 0.3 is 0 Å². The van der Waals surface area contributed by atoms with Crippen LogP contribution in [0, 0.1) is 0 Å². The average Bonchev–Trinajstić information content (AvgIpc) is 2.66. The normalized spacial score (nSPS) is 15.0. The Kier molecular flexibility index (Phi) is 3.67. The standard InChI is InChI=1S/C16H16N5O/c17-10-20-21(19)8-15-13-4-2-1-3-11(13)9-22-16-6-5-12(18)7-14(15)16/h1-8,10H,9,18-19H2,(H-,17,20)/q-1/b15-8-. The fraction of sp³-hybridized carbons (Fsp3) is 0.0625. The maximum atomic E-state index is 7.03. The van der Waals surface area contributed by atoms with Gasteiger partial charge in [0, 0.05) is 23.0 Å². The van der Waals surface area contributed by atoms with Crippen LogP contribution in [0.1, 0.15) is 16.7 Å². The van der Waals surface area contributed by atoms with Crippen LogP contribution in [-0.2, 0) is 6.61 Å². The molecule has 0 saturated heterocycles. The first-order valence-electron chi connectivity index (χ1n) is 6.75. The molecule has 6 nitrogen and oxygen atoms in total. The van der Waals surface area contributed by atoms with E-state index in [9.17, 15) is 0 Å². The summed E-state index contributed by atoms with van der Waals surface area (Å²) >= 11 is 0. The first-order chi connectivity index (χ1) is 10.7. The molecule has 1 aliphatic rings. The topological polar surface area (TPSA) is 101 Å². The number of hydrazone groups is 1. The molecule has 5 N–H and O–H groups in total. The Hall–Kier alpha value is -2.99. The number of rotatable bonds is 2. The molecule has 0 aromatic heterocycles. The van der Waals surface area contributed by atoms with Crippen LogP contribution in [0.3, 0.4) is 0 Å². The minimum atomic E-state index is 0.469. The number of hydrogen-bond donors (Lipinski definition) is 2. The van der Waals surface area contributed by atoms with E-state index in [1.54, 1.807) is 12.3 Å². The minimum Gasteiger partial charge on any atom is -0.488 e. The van der Waals surface area contributed by atoms with Gasteiger partial charge in [-0.25, -0.2) is 5.84 Å². The van der Waals surface area contributed by atoms with Crippen LogP contribution >= 0.6 is 0 Å². The zero-order valence-electron chi connectivity index (χ0n) is 11.9. The molecule has 3 rings (SSSR count). The van der Waals surface area contributed by atoms with Gasteiger partial charge in [0.1, 0.15) is 12.4 Å². The third-order valence-corrected chi connectivity index (χ3v) is 3.44. The number of nitrogens with one attached hydrogen (secondary N) is 1. The molecular formula is C16H16N5O-.